The van der Waals surface area contributed by atoms with E-state index in [2.05, 4.69) is 10.3 Å². The highest BCUT2D eigenvalue weighted by molar-refractivity contribution is 8.15. The monoisotopic (exact) mass is 600 g/mol. The number of imide groups is 1. The highest BCUT2D eigenvalue weighted by atomic mass is 32.3. The molecule has 3 heterocycles. The average molecular weight is 601 g/mol. The predicted molar refractivity (Wildman–Crippen MR) is 152 cm³/mol. The van der Waals surface area contributed by atoms with Gasteiger partial charge in [0.25, 0.3) is 15.6 Å². The number of amides is 2. The molecule has 0 radical (unpaired) electrons. The van der Waals surface area contributed by atoms with Crippen molar-refractivity contribution in [3.63, 3.8) is 0 Å². The summed E-state index contributed by atoms with van der Waals surface area (Å²) in [5, 5.41) is 1.55. The lowest BCUT2D eigenvalue weighted by atomic mass is 9.87. The number of ether oxygens (including phenoxy) is 2. The Morgan fingerprint density at radius 2 is 1.76 bits per heavy atom. The van der Waals surface area contributed by atoms with Crippen LogP contribution in [0.4, 0.5) is 4.79 Å². The number of carbonyl (C=O) groups is 2. The molecule has 0 aliphatic carbocycles. The van der Waals surface area contributed by atoms with Crippen molar-refractivity contribution in [2.45, 2.75) is 57.8 Å². The molecule has 2 unspecified atom stereocenters. The molecule has 5 rings (SSSR count). The maximum atomic E-state index is 11.8. The van der Waals surface area contributed by atoms with Crippen molar-refractivity contribution in [1.82, 2.24) is 5.32 Å². The largest absolute Gasteiger partial charge is 0.716 e. The quantitative estimate of drug-likeness (QED) is 0.314. The first kappa shape index (κ1) is 30.4. The third-order valence-corrected chi connectivity index (χ3v) is 8.36. The van der Waals surface area contributed by atoms with Crippen molar-refractivity contribution in [3.8, 4) is 17.2 Å². The Morgan fingerprint density at radius 1 is 1.07 bits per heavy atom. The van der Waals surface area contributed by atoms with Crippen LogP contribution in [0.15, 0.2) is 54.9 Å². The number of aromatic nitrogens is 1. The van der Waals surface area contributed by atoms with Gasteiger partial charge in [-0.3, -0.25) is 14.9 Å². The van der Waals surface area contributed by atoms with Gasteiger partial charge in [0, 0.05) is 17.7 Å². The number of aromatic amines is 1. The van der Waals surface area contributed by atoms with Crippen molar-refractivity contribution in [1.29, 1.82) is 0 Å². The average Bonchev–Trinajstić information content (AvgIpc) is 3.26. The molecule has 41 heavy (non-hydrogen) atoms. The highest BCUT2D eigenvalue weighted by Crippen LogP contribution is 2.44. The molecule has 2 amide bonds. The molecule has 2 aromatic carbocycles. The smallest absolute Gasteiger partial charge is 0.286 e. The molecule has 3 aromatic rings. The number of H-pyrrole nitrogens is 1. The summed E-state index contributed by atoms with van der Waals surface area (Å²) in [6.45, 7) is 7.46. The van der Waals surface area contributed by atoms with Gasteiger partial charge in [-0.15, -0.1) is 0 Å². The van der Waals surface area contributed by atoms with Crippen molar-refractivity contribution in [3.05, 3.63) is 82.7 Å². The van der Waals surface area contributed by atoms with Gasteiger partial charge in [-0.1, -0.05) is 30.0 Å². The molecule has 2 aliphatic rings. The second-order valence-corrected chi connectivity index (χ2v) is 12.3. The Labute approximate surface area is 243 Å². The normalized spacial score (nSPS) is 19.8. The maximum absolute atomic E-state index is 11.8. The molecule has 0 saturated carbocycles. The zero-order valence-corrected chi connectivity index (χ0v) is 24.8. The van der Waals surface area contributed by atoms with Crippen LogP contribution in [0, 0.1) is 20.8 Å². The molecule has 218 valence electrons. The summed E-state index contributed by atoms with van der Waals surface area (Å²) >= 11 is 1.00. The minimum absolute atomic E-state index is 0.0673. The molecule has 12 heteroatoms. The molecule has 1 saturated heterocycles. The van der Waals surface area contributed by atoms with Crippen LogP contribution in [0.2, 0.25) is 0 Å². The van der Waals surface area contributed by atoms with E-state index in [0.717, 1.165) is 22.9 Å². The number of pyridine rings is 1. The van der Waals surface area contributed by atoms with Crippen LogP contribution in [0.25, 0.3) is 0 Å². The predicted octanol–water partition coefficient (Wildman–Crippen LogP) is 4.01. The maximum Gasteiger partial charge on any atom is 0.286 e. The van der Waals surface area contributed by atoms with Gasteiger partial charge < -0.3 is 18.2 Å². The Kier molecular flexibility index (Phi) is 9.25. The number of thioether (sulfide) groups is 1. The minimum atomic E-state index is -4.89. The molecular formula is C29H32N2O8S2. The summed E-state index contributed by atoms with van der Waals surface area (Å²) in [4.78, 5) is 26.0. The van der Waals surface area contributed by atoms with Crippen LogP contribution in [0.1, 0.15) is 41.2 Å². The first-order chi connectivity index (χ1) is 19.3. The number of fused-ring (bicyclic) bond motifs is 1. The summed E-state index contributed by atoms with van der Waals surface area (Å²) in [5.74, 6) is 1.11. The van der Waals surface area contributed by atoms with Crippen LogP contribution in [0.5, 0.6) is 17.2 Å². The van der Waals surface area contributed by atoms with Crippen LogP contribution in [-0.4, -0.2) is 41.6 Å². The summed E-state index contributed by atoms with van der Waals surface area (Å²) in [7, 11) is -4.89. The first-order valence-corrected chi connectivity index (χ1v) is 15.2. The van der Waals surface area contributed by atoms with Gasteiger partial charge in [0.2, 0.25) is 5.91 Å². The SMILES string of the molecule is Cc1c(C)c2c(c(C)c1OS(=O)(=O)[O-])CCC(C)(COc1ccc(CC3SC(=O)NC3=O)cc1)O2.c1cc[nH+]cc1. The molecule has 2 N–H and O–H groups in total. The van der Waals surface area contributed by atoms with E-state index < -0.39 is 21.2 Å². The van der Waals surface area contributed by atoms with E-state index in [-0.39, 0.29) is 23.5 Å². The van der Waals surface area contributed by atoms with E-state index in [4.69, 9.17) is 13.7 Å². The third-order valence-electron chi connectivity index (χ3n) is 7.01. The van der Waals surface area contributed by atoms with Gasteiger partial charge in [0.05, 0.1) is 5.25 Å². The zero-order valence-electron chi connectivity index (χ0n) is 23.2. The number of hydrogen-bond acceptors (Lipinski definition) is 9. The van der Waals surface area contributed by atoms with E-state index in [1.54, 1.807) is 20.8 Å². The van der Waals surface area contributed by atoms with E-state index >= 15 is 0 Å². The Morgan fingerprint density at radius 3 is 2.29 bits per heavy atom. The number of rotatable bonds is 7. The van der Waals surface area contributed by atoms with Gasteiger partial charge in [-0.25, -0.2) is 13.4 Å². The van der Waals surface area contributed by atoms with Crippen LogP contribution in [0.3, 0.4) is 0 Å². The van der Waals surface area contributed by atoms with Gasteiger partial charge in [0.1, 0.15) is 29.5 Å². The lowest BCUT2D eigenvalue weighted by molar-refractivity contribution is -0.377. The number of carbonyl (C=O) groups excluding carboxylic acids is 2. The summed E-state index contributed by atoms with van der Waals surface area (Å²) < 4.78 is 50.7. The molecule has 2 aliphatic heterocycles. The molecule has 10 nitrogen and oxygen atoms in total. The van der Waals surface area contributed by atoms with Gasteiger partial charge >= 0.3 is 0 Å². The van der Waals surface area contributed by atoms with E-state index in [9.17, 15) is 22.6 Å². The van der Waals surface area contributed by atoms with E-state index in [0.29, 0.717) is 47.5 Å². The van der Waals surface area contributed by atoms with Crippen molar-refractivity contribution in [2.24, 2.45) is 0 Å². The summed E-state index contributed by atoms with van der Waals surface area (Å²) in [5.41, 5.74) is 2.96. The molecular weight excluding hydrogens is 568 g/mol. The van der Waals surface area contributed by atoms with Crippen LogP contribution in [-0.2, 0) is 28.0 Å². The summed E-state index contributed by atoms with van der Waals surface area (Å²) in [6.07, 6.45) is 5.43. The fourth-order valence-electron chi connectivity index (χ4n) is 4.65. The standard InChI is InChI=1S/C24H27NO8S2.C5H5N/c1-13-14(2)21-18(15(3)20(13)33-35(28,29)30)9-10-24(4,32-21)12-31-17-7-5-16(6-8-17)11-19-22(26)25-23(27)34-19;1-2-4-6-5-3-1/h5-8,19H,9-12H2,1-4H3,(H,25,26,27)(H,28,29,30);1-5H. The summed E-state index contributed by atoms with van der Waals surface area (Å²) in [6, 6.07) is 13.2. The van der Waals surface area contributed by atoms with Gasteiger partial charge in [-0.05, 0) is 81.3 Å². The van der Waals surface area contributed by atoms with Crippen molar-refractivity contribution < 1.29 is 41.2 Å². The van der Waals surface area contributed by atoms with Gasteiger partial charge in [-0.2, -0.15) is 0 Å². The fourth-order valence-corrected chi connectivity index (χ4v) is 5.97. The van der Waals surface area contributed by atoms with Gasteiger partial charge in [0.15, 0.2) is 12.4 Å². The second-order valence-electron chi connectivity index (χ2n) is 10.2. The van der Waals surface area contributed by atoms with Crippen molar-refractivity contribution >= 4 is 33.3 Å². The number of benzene rings is 2. The third kappa shape index (κ3) is 7.78. The van der Waals surface area contributed by atoms with E-state index in [1.807, 2.05) is 61.8 Å². The molecule has 0 bridgehead atoms. The Hall–Kier alpha value is -3.61. The lowest BCUT2D eigenvalue weighted by Crippen LogP contribution is -2.42. The van der Waals surface area contributed by atoms with Crippen LogP contribution >= 0.6 is 11.8 Å². The Bertz CT molecular complexity index is 1500. The second kappa shape index (κ2) is 12.5. The Balaban J connectivity index is 0.000000572. The minimum Gasteiger partial charge on any atom is -0.716 e. The number of hydrogen-bond donors (Lipinski definition) is 1. The molecule has 2 atom stereocenters. The topological polar surface area (TPSA) is 145 Å². The molecule has 1 fully saturated rings. The molecule has 1 aromatic heterocycles. The van der Waals surface area contributed by atoms with E-state index in [1.165, 1.54) is 0 Å². The zero-order chi connectivity index (χ0) is 29.8. The highest BCUT2D eigenvalue weighted by Gasteiger charge is 2.36. The fraction of sp³-hybridized carbons (Fsp3) is 0.345. The lowest BCUT2D eigenvalue weighted by Gasteiger charge is -2.38. The van der Waals surface area contributed by atoms with Crippen molar-refractivity contribution in [2.75, 3.05) is 6.61 Å². The first-order valence-electron chi connectivity index (χ1n) is 13.0. The van der Waals surface area contributed by atoms with Crippen LogP contribution < -0.4 is 24.0 Å². The molecule has 0 spiro atoms. The number of nitrogens with one attached hydrogen (secondary N) is 2.